The van der Waals surface area contributed by atoms with Crippen molar-refractivity contribution in [1.82, 2.24) is 0 Å². The predicted octanol–water partition coefficient (Wildman–Crippen LogP) is 4.57. The lowest BCUT2D eigenvalue weighted by Crippen LogP contribution is -2.29. The average Bonchev–Trinajstić information content (AvgIpc) is 2.43. The van der Waals surface area contributed by atoms with Crippen LogP contribution in [0.3, 0.4) is 0 Å². The van der Waals surface area contributed by atoms with Crippen LogP contribution in [0.15, 0.2) is 46.9 Å². The van der Waals surface area contributed by atoms with E-state index in [-0.39, 0.29) is 12.0 Å². The summed E-state index contributed by atoms with van der Waals surface area (Å²) < 4.78 is 28.4. The van der Waals surface area contributed by atoms with Gasteiger partial charge in [-0.1, -0.05) is 41.1 Å². The van der Waals surface area contributed by atoms with Crippen LogP contribution in [-0.2, 0) is 12.0 Å². The zero-order chi connectivity index (χ0) is 14.8. The number of hydrogen-bond donors (Lipinski definition) is 1. The molecule has 4 heteroatoms. The van der Waals surface area contributed by atoms with Gasteiger partial charge in [-0.25, -0.2) is 8.78 Å². The molecular weight excluding hydrogens is 326 g/mol. The van der Waals surface area contributed by atoms with Crippen molar-refractivity contribution in [2.45, 2.75) is 25.4 Å². The quantitative estimate of drug-likeness (QED) is 0.864. The van der Waals surface area contributed by atoms with E-state index in [4.69, 9.17) is 0 Å². The van der Waals surface area contributed by atoms with Crippen molar-refractivity contribution in [3.8, 4) is 0 Å². The van der Waals surface area contributed by atoms with Crippen molar-refractivity contribution in [2.24, 2.45) is 0 Å². The maximum atomic E-state index is 13.9. The maximum Gasteiger partial charge on any atom is 0.129 e. The van der Waals surface area contributed by atoms with E-state index in [0.29, 0.717) is 12.0 Å². The molecule has 1 N–H and O–H groups in total. The van der Waals surface area contributed by atoms with Gasteiger partial charge < -0.3 is 5.11 Å². The van der Waals surface area contributed by atoms with Gasteiger partial charge in [-0.05, 0) is 36.2 Å². The van der Waals surface area contributed by atoms with E-state index in [9.17, 15) is 13.9 Å². The van der Waals surface area contributed by atoms with Crippen LogP contribution in [0.5, 0.6) is 0 Å². The molecule has 0 aliphatic carbocycles. The van der Waals surface area contributed by atoms with E-state index >= 15 is 0 Å². The minimum atomic E-state index is -1.42. The zero-order valence-electron chi connectivity index (χ0n) is 11.0. The molecule has 0 aliphatic heterocycles. The Morgan fingerprint density at radius 3 is 2.45 bits per heavy atom. The van der Waals surface area contributed by atoms with Crippen molar-refractivity contribution in [1.29, 1.82) is 0 Å². The van der Waals surface area contributed by atoms with E-state index in [1.54, 1.807) is 31.2 Å². The van der Waals surface area contributed by atoms with Crippen molar-refractivity contribution in [2.75, 3.05) is 0 Å². The third kappa shape index (κ3) is 3.07. The lowest BCUT2D eigenvalue weighted by Gasteiger charge is -2.28. The Morgan fingerprint density at radius 1 is 1.10 bits per heavy atom. The fourth-order valence-electron chi connectivity index (χ4n) is 2.24. The smallest absolute Gasteiger partial charge is 0.129 e. The number of halogens is 3. The highest BCUT2D eigenvalue weighted by Crippen LogP contribution is 2.32. The van der Waals surface area contributed by atoms with E-state index in [1.807, 2.05) is 0 Å². The molecule has 106 valence electrons. The van der Waals surface area contributed by atoms with Gasteiger partial charge in [0.15, 0.2) is 0 Å². The van der Waals surface area contributed by atoms with Crippen molar-refractivity contribution < 1.29 is 13.9 Å². The summed E-state index contributed by atoms with van der Waals surface area (Å²) in [5, 5.41) is 10.7. The van der Waals surface area contributed by atoms with E-state index < -0.39 is 17.2 Å². The third-order valence-electron chi connectivity index (χ3n) is 3.45. The number of aliphatic hydroxyl groups is 1. The van der Waals surface area contributed by atoms with Gasteiger partial charge in [-0.3, -0.25) is 0 Å². The van der Waals surface area contributed by atoms with E-state index in [2.05, 4.69) is 15.9 Å². The van der Waals surface area contributed by atoms with Crippen molar-refractivity contribution in [3.05, 3.63) is 69.7 Å². The van der Waals surface area contributed by atoms with Crippen LogP contribution in [0.25, 0.3) is 0 Å². The summed E-state index contributed by atoms with van der Waals surface area (Å²) in [5.74, 6) is -0.885. The SMILES string of the molecule is CCC(O)(Cc1cc(Br)ccc1F)c1ccccc1F. The summed E-state index contributed by atoms with van der Waals surface area (Å²) in [4.78, 5) is 0. The molecule has 0 heterocycles. The minimum Gasteiger partial charge on any atom is -0.385 e. The summed E-state index contributed by atoms with van der Waals surface area (Å²) in [6.45, 7) is 1.75. The first kappa shape index (κ1) is 15.1. The Hall–Kier alpha value is -1.26. The first-order valence-corrected chi connectivity index (χ1v) is 7.17. The Morgan fingerprint density at radius 2 is 1.80 bits per heavy atom. The molecule has 0 saturated heterocycles. The third-order valence-corrected chi connectivity index (χ3v) is 3.94. The van der Waals surface area contributed by atoms with Crippen LogP contribution in [0.2, 0.25) is 0 Å². The standard InChI is InChI=1S/C16H15BrF2O/c1-2-16(20,13-5-3-4-6-15(13)19)10-11-9-12(17)7-8-14(11)18/h3-9,20H,2,10H2,1H3. The van der Waals surface area contributed by atoms with Gasteiger partial charge in [0.05, 0.1) is 5.60 Å². The number of benzene rings is 2. The Labute approximate surface area is 125 Å². The van der Waals surface area contributed by atoms with Crippen LogP contribution in [-0.4, -0.2) is 5.11 Å². The largest absolute Gasteiger partial charge is 0.385 e. The topological polar surface area (TPSA) is 20.2 Å². The van der Waals surface area contributed by atoms with Crippen LogP contribution < -0.4 is 0 Å². The summed E-state index contributed by atoms with van der Waals surface area (Å²) in [6, 6.07) is 10.6. The van der Waals surface area contributed by atoms with Gasteiger partial charge in [-0.2, -0.15) is 0 Å². The van der Waals surface area contributed by atoms with Gasteiger partial charge in [-0.15, -0.1) is 0 Å². The van der Waals surface area contributed by atoms with Crippen LogP contribution in [0.1, 0.15) is 24.5 Å². The Balaban J connectivity index is 2.42. The molecule has 1 nitrogen and oxygen atoms in total. The van der Waals surface area contributed by atoms with Gasteiger partial charge in [0.2, 0.25) is 0 Å². The fourth-order valence-corrected chi connectivity index (χ4v) is 2.65. The summed E-state index contributed by atoms with van der Waals surface area (Å²) in [7, 11) is 0. The zero-order valence-corrected chi connectivity index (χ0v) is 12.6. The molecule has 0 aromatic heterocycles. The highest BCUT2D eigenvalue weighted by atomic mass is 79.9. The van der Waals surface area contributed by atoms with Gasteiger partial charge >= 0.3 is 0 Å². The number of rotatable bonds is 4. The highest BCUT2D eigenvalue weighted by Gasteiger charge is 2.31. The maximum absolute atomic E-state index is 13.9. The molecule has 0 radical (unpaired) electrons. The summed E-state index contributed by atoms with van der Waals surface area (Å²) in [5.41, 5.74) is -0.874. The van der Waals surface area contributed by atoms with Gasteiger partial charge in [0.1, 0.15) is 11.6 Å². The first-order chi connectivity index (χ1) is 9.46. The molecule has 2 rings (SSSR count). The first-order valence-electron chi connectivity index (χ1n) is 6.37. The van der Waals surface area contributed by atoms with Crippen molar-refractivity contribution >= 4 is 15.9 Å². The fraction of sp³-hybridized carbons (Fsp3) is 0.250. The molecule has 2 aromatic rings. The Bertz CT molecular complexity index is 615. The minimum absolute atomic E-state index is 0.0235. The molecule has 2 aromatic carbocycles. The second-order valence-corrected chi connectivity index (χ2v) is 5.69. The lowest BCUT2D eigenvalue weighted by atomic mass is 9.84. The lowest BCUT2D eigenvalue weighted by molar-refractivity contribution is 0.0283. The summed E-state index contributed by atoms with van der Waals surface area (Å²) >= 11 is 3.27. The van der Waals surface area contributed by atoms with Crippen LogP contribution >= 0.6 is 15.9 Å². The second kappa shape index (κ2) is 6.02. The van der Waals surface area contributed by atoms with E-state index in [1.165, 1.54) is 18.2 Å². The highest BCUT2D eigenvalue weighted by molar-refractivity contribution is 9.10. The normalized spacial score (nSPS) is 14.1. The predicted molar refractivity (Wildman–Crippen MR) is 78.4 cm³/mol. The monoisotopic (exact) mass is 340 g/mol. The van der Waals surface area contributed by atoms with E-state index in [0.717, 1.165) is 4.47 Å². The second-order valence-electron chi connectivity index (χ2n) is 4.78. The van der Waals surface area contributed by atoms with Crippen molar-refractivity contribution in [3.63, 3.8) is 0 Å². The molecule has 1 atom stereocenters. The molecule has 1 unspecified atom stereocenters. The van der Waals surface area contributed by atoms with Gasteiger partial charge in [0, 0.05) is 16.5 Å². The molecule has 0 aliphatic rings. The summed E-state index contributed by atoms with van der Waals surface area (Å²) in [6.07, 6.45) is 0.315. The molecule has 0 bridgehead atoms. The molecule has 0 spiro atoms. The molecule has 0 saturated carbocycles. The molecular formula is C16H15BrF2O. The number of hydrogen-bond acceptors (Lipinski definition) is 1. The van der Waals surface area contributed by atoms with Gasteiger partial charge in [0.25, 0.3) is 0 Å². The molecule has 0 amide bonds. The van der Waals surface area contributed by atoms with Crippen LogP contribution in [0, 0.1) is 11.6 Å². The molecule has 0 fully saturated rings. The molecule has 20 heavy (non-hydrogen) atoms. The van der Waals surface area contributed by atoms with Crippen LogP contribution in [0.4, 0.5) is 8.78 Å². The average molecular weight is 341 g/mol. The Kier molecular flexibility index (Phi) is 4.55.